The molecule has 2 fully saturated rings. The first-order valence-electron chi connectivity index (χ1n) is 9.31. The molecule has 0 radical (unpaired) electrons. The van der Waals surface area contributed by atoms with Gasteiger partial charge in [-0.25, -0.2) is 0 Å². The van der Waals surface area contributed by atoms with E-state index < -0.39 is 0 Å². The molecule has 1 saturated heterocycles. The van der Waals surface area contributed by atoms with Crippen LogP contribution in [0, 0.1) is 11.8 Å². The second-order valence-electron chi connectivity index (χ2n) is 7.37. The van der Waals surface area contributed by atoms with Gasteiger partial charge >= 0.3 is 0 Å². The van der Waals surface area contributed by atoms with Gasteiger partial charge in [0.05, 0.1) is 5.92 Å². The van der Waals surface area contributed by atoms with Gasteiger partial charge in [0.1, 0.15) is 12.4 Å². The average molecular weight is 329 g/mol. The molecule has 1 aromatic carbocycles. The van der Waals surface area contributed by atoms with Crippen LogP contribution >= 0.6 is 0 Å². The van der Waals surface area contributed by atoms with Gasteiger partial charge in [0.2, 0.25) is 5.91 Å². The van der Waals surface area contributed by atoms with Crippen molar-refractivity contribution in [2.75, 3.05) is 13.2 Å². The van der Waals surface area contributed by atoms with Crippen molar-refractivity contribution in [1.29, 1.82) is 0 Å². The first kappa shape index (κ1) is 15.9. The number of amides is 1. The Kier molecular flexibility index (Phi) is 4.72. The van der Waals surface area contributed by atoms with Crippen molar-refractivity contribution >= 4 is 5.91 Å². The van der Waals surface area contributed by atoms with Crippen molar-refractivity contribution in [3.8, 4) is 5.75 Å². The zero-order valence-corrected chi connectivity index (χ0v) is 14.1. The molecule has 5 nitrogen and oxygen atoms in total. The van der Waals surface area contributed by atoms with Crippen LogP contribution < -0.4 is 20.9 Å². The number of rotatable bonds is 3. The number of carbonyl (C=O) groups is 1. The van der Waals surface area contributed by atoms with E-state index >= 15 is 0 Å². The molecule has 4 atom stereocenters. The summed E-state index contributed by atoms with van der Waals surface area (Å²) in [5.41, 5.74) is 7.98. The maximum Gasteiger partial charge on any atom is 0.226 e. The van der Waals surface area contributed by atoms with Crippen LogP contribution in [0.15, 0.2) is 24.3 Å². The molecule has 1 aromatic rings. The highest BCUT2D eigenvalue weighted by molar-refractivity contribution is 5.79. The van der Waals surface area contributed by atoms with Gasteiger partial charge in [-0.3, -0.25) is 15.6 Å². The molecule has 1 aliphatic carbocycles. The van der Waals surface area contributed by atoms with Crippen molar-refractivity contribution in [2.45, 2.75) is 50.6 Å². The molecule has 1 saturated carbocycles. The molecule has 0 bridgehead atoms. The van der Waals surface area contributed by atoms with Crippen molar-refractivity contribution in [2.24, 2.45) is 11.8 Å². The Bertz CT molecular complexity index is 592. The number of fused-ring (bicyclic) bond motifs is 2. The average Bonchev–Trinajstić information content (AvgIpc) is 2.85. The van der Waals surface area contributed by atoms with Crippen LogP contribution in [-0.4, -0.2) is 31.1 Å². The second-order valence-corrected chi connectivity index (χ2v) is 7.37. The number of hydrogen-bond acceptors (Lipinski definition) is 4. The molecule has 2 aliphatic heterocycles. The number of nitrogens with one attached hydrogen (secondary N) is 3. The first-order chi connectivity index (χ1) is 11.8. The minimum absolute atomic E-state index is 0.0841. The molecule has 3 N–H and O–H groups in total. The zero-order chi connectivity index (χ0) is 16.4. The maximum absolute atomic E-state index is 12.6. The van der Waals surface area contributed by atoms with Crippen LogP contribution in [0.1, 0.15) is 37.7 Å². The Morgan fingerprint density at radius 2 is 2.04 bits per heavy atom. The fraction of sp³-hybridized carbons (Fsp3) is 0.632. The monoisotopic (exact) mass is 329 g/mol. The lowest BCUT2D eigenvalue weighted by Gasteiger charge is -2.26. The van der Waals surface area contributed by atoms with E-state index in [0.717, 1.165) is 17.7 Å². The highest BCUT2D eigenvalue weighted by Crippen LogP contribution is 2.29. The minimum Gasteiger partial charge on any atom is -0.492 e. The molecule has 5 heteroatoms. The SMILES string of the molecule is O=C(NCC1NNC2CCCCCC21)C1COc2ccccc2C1. The summed E-state index contributed by atoms with van der Waals surface area (Å²) in [6.07, 6.45) is 7.23. The van der Waals surface area contributed by atoms with Gasteiger partial charge in [-0.1, -0.05) is 37.5 Å². The number of ether oxygens (including phenoxy) is 1. The fourth-order valence-electron chi connectivity index (χ4n) is 4.37. The summed E-state index contributed by atoms with van der Waals surface area (Å²) in [5.74, 6) is 1.59. The van der Waals surface area contributed by atoms with Gasteiger partial charge in [0.25, 0.3) is 0 Å². The Hall–Kier alpha value is -1.59. The van der Waals surface area contributed by atoms with E-state index in [1.807, 2.05) is 24.3 Å². The quantitative estimate of drug-likeness (QED) is 0.791. The first-order valence-corrected chi connectivity index (χ1v) is 9.31. The third kappa shape index (κ3) is 3.28. The molecule has 4 rings (SSSR count). The van der Waals surface area contributed by atoms with Crippen molar-refractivity contribution < 1.29 is 9.53 Å². The molecule has 3 aliphatic rings. The van der Waals surface area contributed by atoms with Gasteiger partial charge in [0.15, 0.2) is 0 Å². The topological polar surface area (TPSA) is 62.4 Å². The summed E-state index contributed by atoms with van der Waals surface area (Å²) in [4.78, 5) is 12.6. The van der Waals surface area contributed by atoms with Crippen molar-refractivity contribution in [3.05, 3.63) is 29.8 Å². The van der Waals surface area contributed by atoms with Crippen LogP contribution in [0.5, 0.6) is 5.75 Å². The Balaban J connectivity index is 1.31. The van der Waals surface area contributed by atoms with Crippen LogP contribution in [0.25, 0.3) is 0 Å². The molecule has 24 heavy (non-hydrogen) atoms. The molecule has 130 valence electrons. The summed E-state index contributed by atoms with van der Waals surface area (Å²) in [6.45, 7) is 1.18. The molecule has 0 spiro atoms. The van der Waals surface area contributed by atoms with E-state index in [-0.39, 0.29) is 11.8 Å². The van der Waals surface area contributed by atoms with E-state index in [2.05, 4.69) is 16.2 Å². The molecule has 1 amide bonds. The second kappa shape index (κ2) is 7.11. The Labute approximate surface area is 143 Å². The Morgan fingerprint density at radius 1 is 1.17 bits per heavy atom. The molecule has 0 aromatic heterocycles. The molecule has 4 unspecified atom stereocenters. The van der Waals surface area contributed by atoms with Gasteiger partial charge < -0.3 is 10.1 Å². The van der Waals surface area contributed by atoms with Gasteiger partial charge in [-0.15, -0.1) is 0 Å². The summed E-state index contributed by atoms with van der Waals surface area (Å²) in [7, 11) is 0. The van der Waals surface area contributed by atoms with Crippen molar-refractivity contribution in [3.63, 3.8) is 0 Å². The highest BCUT2D eigenvalue weighted by Gasteiger charge is 2.36. The lowest BCUT2D eigenvalue weighted by Crippen LogP contribution is -2.45. The van der Waals surface area contributed by atoms with Crippen LogP contribution in [-0.2, 0) is 11.2 Å². The normalized spacial score (nSPS) is 32.2. The van der Waals surface area contributed by atoms with Gasteiger partial charge in [-0.05, 0) is 36.8 Å². The standard InChI is InChI=1S/C19H27N3O2/c23-19(14-10-13-6-4-5-9-18(13)24-12-14)20-11-17-15-7-2-1-3-8-16(15)21-22-17/h4-6,9,14-17,21-22H,1-3,7-8,10-12H2,(H,20,23). The van der Waals surface area contributed by atoms with Gasteiger partial charge in [0, 0.05) is 18.6 Å². The third-order valence-corrected chi connectivity index (χ3v) is 5.79. The maximum atomic E-state index is 12.6. The lowest BCUT2D eigenvalue weighted by molar-refractivity contribution is -0.126. The molecule has 2 heterocycles. The summed E-state index contributed by atoms with van der Waals surface area (Å²) in [6, 6.07) is 8.91. The van der Waals surface area contributed by atoms with E-state index in [1.54, 1.807) is 0 Å². The highest BCUT2D eigenvalue weighted by atomic mass is 16.5. The summed E-state index contributed by atoms with van der Waals surface area (Å²) in [5, 5.41) is 3.16. The fourth-order valence-corrected chi connectivity index (χ4v) is 4.37. The Morgan fingerprint density at radius 3 is 3.00 bits per heavy atom. The van der Waals surface area contributed by atoms with Crippen LogP contribution in [0.3, 0.4) is 0 Å². The molecular weight excluding hydrogens is 302 g/mol. The third-order valence-electron chi connectivity index (χ3n) is 5.79. The smallest absolute Gasteiger partial charge is 0.226 e. The van der Waals surface area contributed by atoms with E-state index in [0.29, 0.717) is 31.2 Å². The van der Waals surface area contributed by atoms with E-state index in [9.17, 15) is 4.79 Å². The van der Waals surface area contributed by atoms with Crippen LogP contribution in [0.4, 0.5) is 0 Å². The zero-order valence-electron chi connectivity index (χ0n) is 14.1. The summed E-state index contributed by atoms with van der Waals surface area (Å²) >= 11 is 0. The predicted octanol–water partition coefficient (Wildman–Crippen LogP) is 1.78. The van der Waals surface area contributed by atoms with E-state index in [1.165, 1.54) is 32.1 Å². The van der Waals surface area contributed by atoms with E-state index in [4.69, 9.17) is 4.74 Å². The number of hydrogen-bond donors (Lipinski definition) is 3. The number of benzene rings is 1. The predicted molar refractivity (Wildman–Crippen MR) is 92.6 cm³/mol. The number of para-hydroxylation sites is 1. The minimum atomic E-state index is -0.0841. The number of hydrazine groups is 1. The molecular formula is C19H27N3O2. The largest absolute Gasteiger partial charge is 0.492 e. The number of carbonyl (C=O) groups excluding carboxylic acids is 1. The summed E-state index contributed by atoms with van der Waals surface area (Å²) < 4.78 is 5.74. The van der Waals surface area contributed by atoms with Crippen molar-refractivity contribution in [1.82, 2.24) is 16.2 Å². The van der Waals surface area contributed by atoms with Gasteiger partial charge in [-0.2, -0.15) is 0 Å². The lowest BCUT2D eigenvalue weighted by atomic mass is 9.90. The van der Waals surface area contributed by atoms with Crippen LogP contribution in [0.2, 0.25) is 0 Å².